The van der Waals surface area contributed by atoms with Gasteiger partial charge in [0.05, 0.1) is 6.61 Å². The Balaban J connectivity index is 0.00000220. The average molecular weight is 351 g/mol. The molecule has 0 atom stereocenters. The van der Waals surface area contributed by atoms with Gasteiger partial charge in [-0.3, -0.25) is 4.79 Å². The molecule has 0 aliphatic heterocycles. The molecule has 0 radical (unpaired) electrons. The van der Waals surface area contributed by atoms with Crippen LogP contribution in [0.4, 0.5) is 5.82 Å². The Kier molecular flexibility index (Phi) is 9.16. The van der Waals surface area contributed by atoms with Crippen LogP contribution in [0.5, 0.6) is 5.88 Å². The van der Waals surface area contributed by atoms with E-state index in [2.05, 4.69) is 10.3 Å². The van der Waals surface area contributed by atoms with Gasteiger partial charge < -0.3 is 21.5 Å². The Hall–Kier alpha value is -1.24. The van der Waals surface area contributed by atoms with Crippen LogP contribution in [0.2, 0.25) is 0 Å². The smallest absolute Gasteiger partial charge is 0.254 e. The van der Waals surface area contributed by atoms with Crippen LogP contribution < -0.4 is 21.5 Å². The second kappa shape index (κ2) is 9.71. The quantitative estimate of drug-likeness (QED) is 0.754. The van der Waals surface area contributed by atoms with E-state index in [1.54, 1.807) is 12.1 Å². The van der Waals surface area contributed by atoms with Crippen molar-refractivity contribution in [2.75, 3.05) is 11.9 Å². The second-order valence-electron chi connectivity index (χ2n) is 5.10. The molecule has 1 saturated carbocycles. The number of amides is 1. The van der Waals surface area contributed by atoms with Gasteiger partial charge in [-0.2, -0.15) is 4.98 Å². The SMILES string of the molecule is CCOc1nc(N[C@H]2CC[C@H](N)CC2)ccc1C(N)=O.Cl.Cl. The van der Waals surface area contributed by atoms with E-state index < -0.39 is 5.91 Å². The molecule has 0 unspecified atom stereocenters. The van der Waals surface area contributed by atoms with E-state index in [9.17, 15) is 4.79 Å². The molecule has 126 valence electrons. The molecule has 0 bridgehead atoms. The third-order valence-corrected chi connectivity index (χ3v) is 3.53. The lowest BCUT2D eigenvalue weighted by atomic mass is 9.92. The lowest BCUT2D eigenvalue weighted by Crippen LogP contribution is -2.33. The maximum absolute atomic E-state index is 11.3. The minimum Gasteiger partial charge on any atom is -0.477 e. The second-order valence-corrected chi connectivity index (χ2v) is 5.10. The fraction of sp³-hybridized carbons (Fsp3) is 0.571. The van der Waals surface area contributed by atoms with Crippen LogP contribution in [0.3, 0.4) is 0 Å². The predicted molar refractivity (Wildman–Crippen MR) is 92.3 cm³/mol. The molecule has 1 heterocycles. The maximum atomic E-state index is 11.3. The van der Waals surface area contributed by atoms with Gasteiger partial charge in [-0.15, -0.1) is 24.8 Å². The Bertz CT molecular complexity index is 480. The Morgan fingerprint density at radius 3 is 2.50 bits per heavy atom. The summed E-state index contributed by atoms with van der Waals surface area (Å²) in [5.74, 6) is 0.465. The number of aromatic nitrogens is 1. The lowest BCUT2D eigenvalue weighted by molar-refractivity contribution is 0.0996. The van der Waals surface area contributed by atoms with Gasteiger partial charge >= 0.3 is 0 Å². The van der Waals surface area contributed by atoms with Crippen LogP contribution in [0.25, 0.3) is 0 Å². The molecule has 0 saturated heterocycles. The van der Waals surface area contributed by atoms with E-state index in [1.807, 2.05) is 6.92 Å². The van der Waals surface area contributed by atoms with Gasteiger partial charge in [0.2, 0.25) is 5.88 Å². The number of carbonyl (C=O) groups is 1. The first-order valence-electron chi connectivity index (χ1n) is 7.06. The molecular formula is C14H24Cl2N4O2. The van der Waals surface area contributed by atoms with E-state index in [0.717, 1.165) is 25.7 Å². The van der Waals surface area contributed by atoms with Crippen molar-refractivity contribution >= 4 is 36.5 Å². The molecule has 6 nitrogen and oxygen atoms in total. The van der Waals surface area contributed by atoms with Crippen molar-refractivity contribution in [2.45, 2.75) is 44.7 Å². The zero-order valence-corrected chi connectivity index (χ0v) is 14.2. The molecule has 1 amide bonds. The Labute approximate surface area is 143 Å². The molecular weight excluding hydrogens is 327 g/mol. The summed E-state index contributed by atoms with van der Waals surface area (Å²) in [5, 5.41) is 3.37. The van der Waals surface area contributed by atoms with Gasteiger partial charge in [0.15, 0.2) is 0 Å². The summed E-state index contributed by atoms with van der Waals surface area (Å²) in [6.07, 6.45) is 4.11. The number of halogens is 2. The van der Waals surface area contributed by atoms with Crippen molar-refractivity contribution in [2.24, 2.45) is 11.5 Å². The number of hydrogen-bond acceptors (Lipinski definition) is 5. The largest absolute Gasteiger partial charge is 0.477 e. The minimum atomic E-state index is -0.531. The van der Waals surface area contributed by atoms with Crippen molar-refractivity contribution in [3.05, 3.63) is 17.7 Å². The number of nitrogens with zero attached hydrogens (tertiary/aromatic N) is 1. The first kappa shape index (κ1) is 20.8. The maximum Gasteiger partial charge on any atom is 0.254 e. The minimum absolute atomic E-state index is 0. The normalized spacial score (nSPS) is 20.3. The highest BCUT2D eigenvalue weighted by atomic mass is 35.5. The molecule has 1 aliphatic rings. The number of pyridine rings is 1. The molecule has 0 aromatic carbocycles. The van der Waals surface area contributed by atoms with E-state index in [-0.39, 0.29) is 30.7 Å². The lowest BCUT2D eigenvalue weighted by Gasteiger charge is -2.27. The number of primary amides is 1. The van der Waals surface area contributed by atoms with Crippen molar-refractivity contribution in [1.82, 2.24) is 4.98 Å². The first-order valence-corrected chi connectivity index (χ1v) is 7.06. The van der Waals surface area contributed by atoms with E-state index in [4.69, 9.17) is 16.2 Å². The first-order chi connectivity index (χ1) is 9.60. The highest BCUT2D eigenvalue weighted by Gasteiger charge is 2.19. The molecule has 0 spiro atoms. The average Bonchev–Trinajstić information content (AvgIpc) is 2.42. The molecule has 22 heavy (non-hydrogen) atoms. The van der Waals surface area contributed by atoms with E-state index >= 15 is 0 Å². The summed E-state index contributed by atoms with van der Waals surface area (Å²) in [4.78, 5) is 15.6. The molecule has 1 aromatic heterocycles. The fourth-order valence-electron chi connectivity index (χ4n) is 2.43. The summed E-state index contributed by atoms with van der Waals surface area (Å²) >= 11 is 0. The van der Waals surface area contributed by atoms with Crippen LogP contribution in [0, 0.1) is 0 Å². The van der Waals surface area contributed by atoms with Crippen LogP contribution in [0.15, 0.2) is 12.1 Å². The van der Waals surface area contributed by atoms with Crippen molar-refractivity contribution in [3.63, 3.8) is 0 Å². The van der Waals surface area contributed by atoms with Crippen LogP contribution in [0.1, 0.15) is 43.0 Å². The topological polar surface area (TPSA) is 103 Å². The van der Waals surface area contributed by atoms with Gasteiger partial charge in [-0.1, -0.05) is 0 Å². The monoisotopic (exact) mass is 350 g/mol. The van der Waals surface area contributed by atoms with E-state index in [0.29, 0.717) is 30.1 Å². The third kappa shape index (κ3) is 5.51. The zero-order chi connectivity index (χ0) is 14.5. The number of hydrogen-bond donors (Lipinski definition) is 3. The molecule has 1 fully saturated rings. The molecule has 2 rings (SSSR count). The van der Waals surface area contributed by atoms with E-state index in [1.165, 1.54) is 0 Å². The van der Waals surface area contributed by atoms with Gasteiger partial charge in [-0.05, 0) is 44.7 Å². The summed E-state index contributed by atoms with van der Waals surface area (Å²) in [7, 11) is 0. The number of nitrogens with two attached hydrogens (primary N) is 2. The van der Waals surface area contributed by atoms with Crippen LogP contribution in [-0.4, -0.2) is 29.6 Å². The molecule has 8 heteroatoms. The van der Waals surface area contributed by atoms with Crippen molar-refractivity contribution in [1.29, 1.82) is 0 Å². The number of rotatable bonds is 5. The summed E-state index contributed by atoms with van der Waals surface area (Å²) in [6.45, 7) is 2.28. The summed E-state index contributed by atoms with van der Waals surface area (Å²) in [5.41, 5.74) is 11.5. The highest BCUT2D eigenvalue weighted by molar-refractivity contribution is 5.95. The highest BCUT2D eigenvalue weighted by Crippen LogP contribution is 2.23. The number of nitrogens with one attached hydrogen (secondary N) is 1. The molecule has 1 aromatic rings. The van der Waals surface area contributed by atoms with Gasteiger partial charge in [-0.25, -0.2) is 0 Å². The van der Waals surface area contributed by atoms with Crippen LogP contribution >= 0.6 is 24.8 Å². The summed E-state index contributed by atoms with van der Waals surface area (Å²) < 4.78 is 5.37. The Morgan fingerprint density at radius 2 is 1.95 bits per heavy atom. The van der Waals surface area contributed by atoms with Gasteiger partial charge in [0.1, 0.15) is 11.4 Å². The van der Waals surface area contributed by atoms with Gasteiger partial charge in [0.25, 0.3) is 5.91 Å². The number of anilines is 1. The van der Waals surface area contributed by atoms with Crippen molar-refractivity contribution in [3.8, 4) is 5.88 Å². The standard InChI is InChI=1S/C14H22N4O2.2ClH/c1-2-20-14-11(13(16)19)7-8-12(18-14)17-10-5-3-9(15)4-6-10;;/h7-10H,2-6,15H2,1H3,(H2,16,19)(H,17,18);2*1H/t9-,10-;;. The zero-order valence-electron chi connectivity index (χ0n) is 12.6. The van der Waals surface area contributed by atoms with Crippen LogP contribution in [-0.2, 0) is 0 Å². The van der Waals surface area contributed by atoms with Crippen molar-refractivity contribution < 1.29 is 9.53 Å². The predicted octanol–water partition coefficient (Wildman–Crippen LogP) is 2.10. The summed E-state index contributed by atoms with van der Waals surface area (Å²) in [6, 6.07) is 4.10. The number of carbonyl (C=O) groups excluding carboxylic acids is 1. The fourth-order valence-corrected chi connectivity index (χ4v) is 2.43. The molecule has 5 N–H and O–H groups in total. The number of ether oxygens (including phenoxy) is 1. The van der Waals surface area contributed by atoms with Gasteiger partial charge in [0, 0.05) is 12.1 Å². The molecule has 1 aliphatic carbocycles. The third-order valence-electron chi connectivity index (χ3n) is 3.53. The Morgan fingerprint density at radius 1 is 1.32 bits per heavy atom.